The third-order valence-corrected chi connectivity index (χ3v) is 3.54. The molecular weight excluding hydrogens is 302 g/mol. The first-order valence-corrected chi connectivity index (χ1v) is 7.09. The summed E-state index contributed by atoms with van der Waals surface area (Å²) >= 11 is 0. The zero-order chi connectivity index (χ0) is 16.4. The van der Waals surface area contributed by atoms with E-state index in [1.54, 1.807) is 31.2 Å². The van der Waals surface area contributed by atoms with Crippen LogP contribution in [0.5, 0.6) is 0 Å². The number of carboxylic acid groups (broad SMARTS) is 1. The van der Waals surface area contributed by atoms with Gasteiger partial charge in [0, 0.05) is 17.7 Å². The smallest absolute Gasteiger partial charge is 0.334 e. The van der Waals surface area contributed by atoms with Crippen LogP contribution < -0.4 is 0 Å². The number of nitrogens with zero attached hydrogens (tertiary/aromatic N) is 3. The molecule has 120 valence electrons. The average molecular weight is 317 g/mol. The number of aryl methyl sites for hydroxylation is 1. The maximum Gasteiger partial charge on any atom is 0.334 e. The van der Waals surface area contributed by atoms with Gasteiger partial charge in [-0.3, -0.25) is 4.79 Å². The van der Waals surface area contributed by atoms with E-state index in [-0.39, 0.29) is 19.1 Å². The molecule has 2 heterocycles. The molecule has 1 saturated heterocycles. The summed E-state index contributed by atoms with van der Waals surface area (Å²) in [5.41, 5.74) is 1.18. The minimum absolute atomic E-state index is 0.0404. The van der Waals surface area contributed by atoms with Crippen molar-refractivity contribution in [1.82, 2.24) is 15.0 Å². The summed E-state index contributed by atoms with van der Waals surface area (Å²) in [6.45, 7) is 2.34. The molecule has 8 heteroatoms. The number of aliphatic carboxylic acids is 1. The highest BCUT2D eigenvalue weighted by Crippen LogP contribution is 2.19. The van der Waals surface area contributed by atoms with Gasteiger partial charge in [0.1, 0.15) is 0 Å². The van der Waals surface area contributed by atoms with Crippen molar-refractivity contribution in [2.75, 3.05) is 19.7 Å². The monoisotopic (exact) mass is 317 g/mol. The van der Waals surface area contributed by atoms with Gasteiger partial charge in [-0.2, -0.15) is 4.98 Å². The lowest BCUT2D eigenvalue weighted by atomic mass is 10.1. The first kappa shape index (κ1) is 15.2. The Morgan fingerprint density at radius 1 is 1.30 bits per heavy atom. The third-order valence-electron chi connectivity index (χ3n) is 3.54. The lowest BCUT2D eigenvalue weighted by molar-refractivity contribution is -0.154. The average Bonchev–Trinajstić information content (AvgIpc) is 3.01. The Morgan fingerprint density at radius 2 is 2.04 bits per heavy atom. The molecule has 0 bridgehead atoms. The SMILES string of the molecule is Cc1noc(-c2ccc(C(=O)N3CCO[C@H](C(=O)O)C3)cc2)n1. The Hall–Kier alpha value is -2.74. The molecule has 1 fully saturated rings. The Balaban J connectivity index is 1.74. The van der Waals surface area contributed by atoms with E-state index in [1.807, 2.05) is 0 Å². The second-order valence-corrected chi connectivity index (χ2v) is 5.17. The summed E-state index contributed by atoms with van der Waals surface area (Å²) in [5, 5.41) is 12.7. The molecule has 0 unspecified atom stereocenters. The van der Waals surface area contributed by atoms with Crippen LogP contribution in [0.1, 0.15) is 16.2 Å². The van der Waals surface area contributed by atoms with Gasteiger partial charge in [-0.05, 0) is 31.2 Å². The van der Waals surface area contributed by atoms with E-state index in [1.165, 1.54) is 4.90 Å². The summed E-state index contributed by atoms with van der Waals surface area (Å²) in [7, 11) is 0. The van der Waals surface area contributed by atoms with Crippen LogP contribution in [0.3, 0.4) is 0 Å². The van der Waals surface area contributed by atoms with Crippen LogP contribution in [-0.2, 0) is 9.53 Å². The molecule has 1 aromatic carbocycles. The zero-order valence-electron chi connectivity index (χ0n) is 12.4. The van der Waals surface area contributed by atoms with Gasteiger partial charge in [0.25, 0.3) is 11.8 Å². The van der Waals surface area contributed by atoms with Gasteiger partial charge < -0.3 is 19.3 Å². The quantitative estimate of drug-likeness (QED) is 0.899. The molecule has 1 N–H and O–H groups in total. The van der Waals surface area contributed by atoms with Crippen LogP contribution in [0.2, 0.25) is 0 Å². The molecule has 1 atom stereocenters. The number of hydrogen-bond acceptors (Lipinski definition) is 6. The molecule has 8 nitrogen and oxygen atoms in total. The predicted molar refractivity (Wildman–Crippen MR) is 77.8 cm³/mol. The number of hydrogen-bond donors (Lipinski definition) is 1. The van der Waals surface area contributed by atoms with E-state index in [2.05, 4.69) is 10.1 Å². The van der Waals surface area contributed by atoms with Crippen molar-refractivity contribution in [2.24, 2.45) is 0 Å². The maximum atomic E-state index is 12.4. The highest BCUT2D eigenvalue weighted by Gasteiger charge is 2.29. The Bertz CT molecular complexity index is 725. The van der Waals surface area contributed by atoms with E-state index in [4.69, 9.17) is 14.4 Å². The highest BCUT2D eigenvalue weighted by atomic mass is 16.5. The molecule has 0 radical (unpaired) electrons. The van der Waals surface area contributed by atoms with E-state index >= 15 is 0 Å². The number of rotatable bonds is 3. The van der Waals surface area contributed by atoms with Crippen LogP contribution in [0.25, 0.3) is 11.5 Å². The first-order chi connectivity index (χ1) is 11.0. The van der Waals surface area contributed by atoms with Gasteiger partial charge in [0.2, 0.25) is 0 Å². The molecule has 1 aliphatic rings. The van der Waals surface area contributed by atoms with Crippen LogP contribution in [0.4, 0.5) is 0 Å². The summed E-state index contributed by atoms with van der Waals surface area (Å²) in [5.74, 6) is -0.371. The maximum absolute atomic E-state index is 12.4. The number of carboxylic acids is 1. The number of aromatic nitrogens is 2. The molecule has 23 heavy (non-hydrogen) atoms. The number of carbonyl (C=O) groups excluding carboxylic acids is 1. The van der Waals surface area contributed by atoms with Gasteiger partial charge in [-0.25, -0.2) is 4.79 Å². The molecule has 0 aliphatic carbocycles. The lowest BCUT2D eigenvalue weighted by Crippen LogP contribution is -2.48. The van der Waals surface area contributed by atoms with Crippen LogP contribution in [-0.4, -0.2) is 57.8 Å². The van der Waals surface area contributed by atoms with Crippen molar-refractivity contribution in [3.8, 4) is 11.5 Å². The van der Waals surface area contributed by atoms with Gasteiger partial charge in [0.15, 0.2) is 11.9 Å². The largest absolute Gasteiger partial charge is 0.479 e. The second kappa shape index (κ2) is 6.17. The zero-order valence-corrected chi connectivity index (χ0v) is 12.4. The molecule has 1 aliphatic heterocycles. The van der Waals surface area contributed by atoms with Crippen molar-refractivity contribution in [1.29, 1.82) is 0 Å². The molecule has 1 amide bonds. The second-order valence-electron chi connectivity index (χ2n) is 5.17. The Labute approximate surface area is 131 Å². The molecule has 1 aromatic heterocycles. The number of benzene rings is 1. The molecular formula is C15H15N3O5. The summed E-state index contributed by atoms with van der Waals surface area (Å²) in [6, 6.07) is 6.75. The molecule has 0 spiro atoms. The fourth-order valence-electron chi connectivity index (χ4n) is 2.34. The van der Waals surface area contributed by atoms with Crippen LogP contribution >= 0.6 is 0 Å². The van der Waals surface area contributed by atoms with Gasteiger partial charge in [0.05, 0.1) is 13.2 Å². The van der Waals surface area contributed by atoms with Gasteiger partial charge in [-0.1, -0.05) is 5.16 Å². The first-order valence-electron chi connectivity index (χ1n) is 7.09. The standard InChI is InChI=1S/C15H15N3O5/c1-9-16-13(23-17-9)10-2-4-11(5-3-10)14(19)18-6-7-22-12(8-18)15(20)21/h2-5,12H,6-8H2,1H3,(H,20,21)/t12-/m0/s1. The summed E-state index contributed by atoms with van der Waals surface area (Å²) in [6.07, 6.45) is -0.978. The number of ether oxygens (including phenoxy) is 1. The van der Waals surface area contributed by atoms with Crippen molar-refractivity contribution in [3.05, 3.63) is 35.7 Å². The molecule has 2 aromatic rings. The Morgan fingerprint density at radius 3 is 2.65 bits per heavy atom. The van der Waals surface area contributed by atoms with Crippen molar-refractivity contribution < 1.29 is 24.0 Å². The molecule has 0 saturated carbocycles. The normalized spacial score (nSPS) is 18.0. The van der Waals surface area contributed by atoms with Crippen molar-refractivity contribution >= 4 is 11.9 Å². The lowest BCUT2D eigenvalue weighted by Gasteiger charge is -2.30. The van der Waals surface area contributed by atoms with Gasteiger partial charge in [-0.15, -0.1) is 0 Å². The number of amides is 1. The number of morpholine rings is 1. The fourth-order valence-corrected chi connectivity index (χ4v) is 2.34. The van der Waals surface area contributed by atoms with E-state index in [0.29, 0.717) is 29.4 Å². The molecule has 3 rings (SSSR count). The van der Waals surface area contributed by atoms with Crippen molar-refractivity contribution in [2.45, 2.75) is 13.0 Å². The van der Waals surface area contributed by atoms with E-state index in [9.17, 15) is 9.59 Å². The fraction of sp³-hybridized carbons (Fsp3) is 0.333. The third kappa shape index (κ3) is 3.21. The van der Waals surface area contributed by atoms with E-state index in [0.717, 1.165) is 0 Å². The summed E-state index contributed by atoms with van der Waals surface area (Å²) in [4.78, 5) is 29.0. The van der Waals surface area contributed by atoms with Crippen LogP contribution in [0.15, 0.2) is 28.8 Å². The van der Waals surface area contributed by atoms with Gasteiger partial charge >= 0.3 is 5.97 Å². The predicted octanol–water partition coefficient (Wildman–Crippen LogP) is 0.971. The van der Waals surface area contributed by atoms with E-state index < -0.39 is 12.1 Å². The minimum atomic E-state index is -1.07. The Kier molecular flexibility index (Phi) is 4.07. The topological polar surface area (TPSA) is 106 Å². The number of carbonyl (C=O) groups is 2. The summed E-state index contributed by atoms with van der Waals surface area (Å²) < 4.78 is 10.2. The highest BCUT2D eigenvalue weighted by molar-refractivity contribution is 5.95. The van der Waals surface area contributed by atoms with Crippen LogP contribution in [0, 0.1) is 6.92 Å². The minimum Gasteiger partial charge on any atom is -0.479 e. The van der Waals surface area contributed by atoms with Crippen molar-refractivity contribution in [3.63, 3.8) is 0 Å².